The zero-order chi connectivity index (χ0) is 24.6. The van der Waals surface area contributed by atoms with Crippen LogP contribution in [0.4, 0.5) is 16.9 Å². The van der Waals surface area contributed by atoms with Crippen LogP contribution in [0.2, 0.25) is 0 Å². The molecule has 0 saturated carbocycles. The van der Waals surface area contributed by atoms with Crippen LogP contribution in [0.25, 0.3) is 21.1 Å². The molecule has 12 nitrogen and oxygen atoms in total. The molecular weight excluding hydrogens is 482 g/mol. The standard InChI is InChI=1S/C23H21N9O3S/c1-31(22-24-8-13(9-25-22)21(33)30-34)20-7-17-19(36-20)11-26-23(28-17)32-5-6-35-18(12-32)14-3-2-4-16-15(14)10-27-29-16/h2-4,7-11,18,34H,5-6,12H2,1H3,(H,27,29)(H,30,33). The maximum Gasteiger partial charge on any atom is 0.277 e. The van der Waals surface area contributed by atoms with Gasteiger partial charge in [-0.2, -0.15) is 5.10 Å². The summed E-state index contributed by atoms with van der Waals surface area (Å²) in [7, 11) is 1.84. The minimum absolute atomic E-state index is 0.114. The molecule has 0 radical (unpaired) electrons. The molecule has 5 heterocycles. The van der Waals surface area contributed by atoms with Gasteiger partial charge in [0, 0.05) is 31.4 Å². The summed E-state index contributed by atoms with van der Waals surface area (Å²) in [4.78, 5) is 33.4. The van der Waals surface area contributed by atoms with Crippen LogP contribution in [0.5, 0.6) is 0 Å². The highest BCUT2D eigenvalue weighted by Crippen LogP contribution is 2.35. The van der Waals surface area contributed by atoms with Crippen molar-refractivity contribution < 1.29 is 14.7 Å². The van der Waals surface area contributed by atoms with Crippen molar-refractivity contribution in [1.29, 1.82) is 0 Å². The molecule has 5 aromatic rings. The summed E-state index contributed by atoms with van der Waals surface area (Å²) in [5, 5.41) is 17.9. The molecule has 0 bridgehead atoms. The number of benzene rings is 1. The molecule has 1 aromatic carbocycles. The molecule has 1 saturated heterocycles. The van der Waals surface area contributed by atoms with Crippen molar-refractivity contribution in [1.82, 2.24) is 35.6 Å². The molecule has 13 heteroatoms. The Hall–Kier alpha value is -4.20. The maximum absolute atomic E-state index is 11.5. The lowest BCUT2D eigenvalue weighted by Gasteiger charge is -2.33. The lowest BCUT2D eigenvalue weighted by atomic mass is 10.0. The van der Waals surface area contributed by atoms with Crippen molar-refractivity contribution in [3.05, 3.63) is 60.2 Å². The second-order valence-corrected chi connectivity index (χ2v) is 9.32. The van der Waals surface area contributed by atoms with Crippen LogP contribution in [-0.2, 0) is 4.74 Å². The second-order valence-electron chi connectivity index (χ2n) is 8.26. The number of carbonyl (C=O) groups is 1. The monoisotopic (exact) mass is 503 g/mol. The number of rotatable bonds is 5. The largest absolute Gasteiger partial charge is 0.370 e. The molecular formula is C23H21N9O3S. The zero-order valence-electron chi connectivity index (χ0n) is 19.1. The summed E-state index contributed by atoms with van der Waals surface area (Å²) in [5.41, 5.74) is 4.63. The van der Waals surface area contributed by atoms with E-state index in [9.17, 15) is 4.79 Å². The Morgan fingerprint density at radius 1 is 1.25 bits per heavy atom. The van der Waals surface area contributed by atoms with E-state index >= 15 is 0 Å². The van der Waals surface area contributed by atoms with Gasteiger partial charge >= 0.3 is 0 Å². The summed E-state index contributed by atoms with van der Waals surface area (Å²) in [6.07, 6.45) is 6.26. The SMILES string of the molecule is CN(c1ncc(C(=O)NO)cn1)c1cc2nc(N3CCOC(c4cccc5[nH]ncc45)C3)ncc2s1. The van der Waals surface area contributed by atoms with Crippen molar-refractivity contribution in [2.75, 3.05) is 36.5 Å². The number of aromatic nitrogens is 6. The average Bonchev–Trinajstić information content (AvgIpc) is 3.59. The zero-order valence-corrected chi connectivity index (χ0v) is 19.9. The number of ether oxygens (including phenoxy) is 1. The summed E-state index contributed by atoms with van der Waals surface area (Å²) in [6.45, 7) is 1.90. The molecule has 1 fully saturated rings. The van der Waals surface area contributed by atoms with Crippen molar-refractivity contribution in [2.24, 2.45) is 0 Å². The summed E-state index contributed by atoms with van der Waals surface area (Å²) >= 11 is 1.52. The fourth-order valence-electron chi connectivity index (χ4n) is 4.20. The number of hydroxylamine groups is 1. The first kappa shape index (κ1) is 22.3. The minimum Gasteiger partial charge on any atom is -0.370 e. The lowest BCUT2D eigenvalue weighted by Crippen LogP contribution is -2.39. The van der Waals surface area contributed by atoms with Crippen molar-refractivity contribution in [3.63, 3.8) is 0 Å². The van der Waals surface area contributed by atoms with Gasteiger partial charge in [0.2, 0.25) is 11.9 Å². The van der Waals surface area contributed by atoms with E-state index in [1.165, 1.54) is 23.7 Å². The highest BCUT2D eigenvalue weighted by Gasteiger charge is 2.26. The number of fused-ring (bicyclic) bond motifs is 2. The Bertz CT molecular complexity index is 1550. The van der Waals surface area contributed by atoms with Gasteiger partial charge < -0.3 is 14.5 Å². The molecule has 3 N–H and O–H groups in total. The van der Waals surface area contributed by atoms with Crippen LogP contribution in [0, 0.1) is 0 Å². The number of nitrogens with one attached hydrogen (secondary N) is 2. The Morgan fingerprint density at radius 2 is 2.11 bits per heavy atom. The summed E-state index contributed by atoms with van der Waals surface area (Å²) in [6, 6.07) is 8.04. The molecule has 6 rings (SSSR count). The summed E-state index contributed by atoms with van der Waals surface area (Å²) < 4.78 is 7.03. The molecule has 36 heavy (non-hydrogen) atoms. The molecule has 0 spiro atoms. The van der Waals surface area contributed by atoms with Crippen molar-refractivity contribution in [3.8, 4) is 0 Å². The van der Waals surface area contributed by atoms with Crippen molar-refractivity contribution >= 4 is 55.3 Å². The number of morpholine rings is 1. The molecule has 182 valence electrons. The van der Waals surface area contributed by atoms with E-state index < -0.39 is 5.91 Å². The van der Waals surface area contributed by atoms with E-state index in [0.29, 0.717) is 31.6 Å². The van der Waals surface area contributed by atoms with Gasteiger partial charge in [0.1, 0.15) is 11.1 Å². The lowest BCUT2D eigenvalue weighted by molar-refractivity contribution is 0.0402. The number of thiophene rings is 1. The Morgan fingerprint density at radius 3 is 2.94 bits per heavy atom. The minimum atomic E-state index is -0.666. The van der Waals surface area contributed by atoms with E-state index in [1.807, 2.05) is 42.5 Å². The second kappa shape index (κ2) is 9.11. The third-order valence-electron chi connectivity index (χ3n) is 6.09. The predicted octanol–water partition coefficient (Wildman–Crippen LogP) is 2.82. The summed E-state index contributed by atoms with van der Waals surface area (Å²) in [5.74, 6) is 0.395. The number of amides is 1. The van der Waals surface area contributed by atoms with Crippen LogP contribution < -0.4 is 15.3 Å². The fraction of sp³-hybridized carbons (Fsp3) is 0.217. The predicted molar refractivity (Wildman–Crippen MR) is 134 cm³/mol. The van der Waals surface area contributed by atoms with Crippen LogP contribution in [-0.4, -0.2) is 68.0 Å². The first-order chi connectivity index (χ1) is 17.6. The number of carbonyl (C=O) groups excluding carboxylic acids is 1. The van der Waals surface area contributed by atoms with Gasteiger partial charge in [-0.05, 0) is 17.7 Å². The smallest absolute Gasteiger partial charge is 0.277 e. The molecule has 1 amide bonds. The third kappa shape index (κ3) is 3.98. The van der Waals surface area contributed by atoms with Gasteiger partial charge in [0.05, 0.1) is 46.8 Å². The fourth-order valence-corrected chi connectivity index (χ4v) is 5.13. The van der Waals surface area contributed by atoms with E-state index in [-0.39, 0.29) is 11.7 Å². The molecule has 1 aliphatic heterocycles. The Balaban J connectivity index is 1.23. The first-order valence-corrected chi connectivity index (χ1v) is 12.0. The maximum atomic E-state index is 11.5. The van der Waals surface area contributed by atoms with Gasteiger partial charge in [0.15, 0.2) is 0 Å². The van der Waals surface area contributed by atoms with Crippen molar-refractivity contribution in [2.45, 2.75) is 6.10 Å². The highest BCUT2D eigenvalue weighted by atomic mass is 32.1. The molecule has 1 aliphatic rings. The Labute approximate surface area is 208 Å². The van der Waals surface area contributed by atoms with Gasteiger partial charge in [-0.1, -0.05) is 12.1 Å². The first-order valence-electron chi connectivity index (χ1n) is 11.2. The highest BCUT2D eigenvalue weighted by molar-refractivity contribution is 7.22. The number of anilines is 3. The Kier molecular flexibility index (Phi) is 5.64. The van der Waals surface area contributed by atoms with E-state index in [0.717, 1.165) is 31.7 Å². The van der Waals surface area contributed by atoms with Crippen LogP contribution in [0.3, 0.4) is 0 Å². The van der Waals surface area contributed by atoms with E-state index in [1.54, 1.807) is 5.48 Å². The van der Waals surface area contributed by atoms with Crippen LogP contribution in [0.15, 0.2) is 49.1 Å². The molecule has 1 atom stereocenters. The van der Waals surface area contributed by atoms with Gasteiger partial charge in [-0.15, -0.1) is 11.3 Å². The molecule has 4 aromatic heterocycles. The van der Waals surface area contributed by atoms with Gasteiger partial charge in [-0.25, -0.2) is 25.4 Å². The quantitative estimate of drug-likeness (QED) is 0.242. The van der Waals surface area contributed by atoms with E-state index in [2.05, 4.69) is 36.1 Å². The number of hydrogen-bond acceptors (Lipinski definition) is 11. The average molecular weight is 504 g/mol. The topological polar surface area (TPSA) is 145 Å². The molecule has 0 aliphatic carbocycles. The van der Waals surface area contributed by atoms with E-state index in [4.69, 9.17) is 14.9 Å². The number of aromatic amines is 1. The van der Waals surface area contributed by atoms with Crippen LogP contribution in [0.1, 0.15) is 22.0 Å². The van der Waals surface area contributed by atoms with Gasteiger partial charge in [0.25, 0.3) is 5.91 Å². The van der Waals surface area contributed by atoms with Crippen LogP contribution >= 0.6 is 11.3 Å². The number of hydrogen-bond donors (Lipinski definition) is 3. The third-order valence-corrected chi connectivity index (χ3v) is 7.23. The normalized spacial score (nSPS) is 15.9. The van der Waals surface area contributed by atoms with Gasteiger partial charge in [-0.3, -0.25) is 15.1 Å². The number of H-pyrrole nitrogens is 1. The molecule has 1 unspecified atom stereocenters. The number of nitrogens with zero attached hydrogens (tertiary/aromatic N) is 7.